The lowest BCUT2D eigenvalue weighted by atomic mass is 10.0. The third-order valence-corrected chi connectivity index (χ3v) is 5.06. The van der Waals surface area contributed by atoms with Gasteiger partial charge in [0.25, 0.3) is 5.91 Å². The van der Waals surface area contributed by atoms with E-state index in [4.69, 9.17) is 16.4 Å². The van der Waals surface area contributed by atoms with Gasteiger partial charge in [0.15, 0.2) is 0 Å². The molecule has 1 amide bonds. The summed E-state index contributed by atoms with van der Waals surface area (Å²) in [5.41, 5.74) is 1.44. The first-order valence-electron chi connectivity index (χ1n) is 8.10. The van der Waals surface area contributed by atoms with Gasteiger partial charge in [0.05, 0.1) is 26.5 Å². The first-order valence-corrected chi connectivity index (χ1v) is 9.27. The van der Waals surface area contributed by atoms with Gasteiger partial charge >= 0.3 is 0 Å². The average molecular weight is 444 g/mol. The largest absolute Gasteiger partial charge is 0.382 e. The Morgan fingerprint density at radius 1 is 1.54 bits per heavy atom. The fourth-order valence-corrected chi connectivity index (χ4v) is 3.20. The van der Waals surface area contributed by atoms with Crippen molar-refractivity contribution in [3.05, 3.63) is 51.0 Å². The lowest BCUT2D eigenvalue weighted by Crippen LogP contribution is -2.35. The maximum Gasteiger partial charge on any atom is 0.264 e. The third-order valence-electron chi connectivity index (χ3n) is 3.96. The average Bonchev–Trinajstić information content (AvgIpc) is 3.19. The fourth-order valence-electron chi connectivity index (χ4n) is 2.61. The smallest absolute Gasteiger partial charge is 0.264 e. The van der Waals surface area contributed by atoms with Gasteiger partial charge in [-0.1, -0.05) is 22.8 Å². The van der Waals surface area contributed by atoms with Crippen molar-refractivity contribution in [3.63, 3.8) is 0 Å². The lowest BCUT2D eigenvalue weighted by Gasteiger charge is -2.09. The molecule has 1 unspecified atom stereocenters. The van der Waals surface area contributed by atoms with Gasteiger partial charge in [0.2, 0.25) is 6.10 Å². The summed E-state index contributed by atoms with van der Waals surface area (Å²) in [5, 5.41) is 11.2. The van der Waals surface area contributed by atoms with Gasteiger partial charge in [-0.05, 0) is 41.4 Å². The molecule has 0 saturated heterocycles. The van der Waals surface area contributed by atoms with E-state index in [1.807, 2.05) is 17.8 Å². The molecular weight excluding hydrogens is 427 g/mol. The number of halogens is 3. The molecule has 1 aliphatic heterocycles. The van der Waals surface area contributed by atoms with Crippen LogP contribution in [-0.4, -0.2) is 34.0 Å². The molecule has 1 N–H and O–H groups in total. The van der Waals surface area contributed by atoms with Crippen LogP contribution in [0, 0.1) is 12.7 Å². The predicted octanol–water partition coefficient (Wildman–Crippen LogP) is 3.45. The summed E-state index contributed by atoms with van der Waals surface area (Å²) in [6, 6.07) is 4.39. The molecule has 2 aromatic rings. The second kappa shape index (κ2) is 8.18. The van der Waals surface area contributed by atoms with E-state index in [0.717, 1.165) is 16.6 Å². The zero-order chi connectivity index (χ0) is 18.7. The van der Waals surface area contributed by atoms with E-state index in [1.165, 1.54) is 12.1 Å². The molecule has 0 saturated carbocycles. The van der Waals surface area contributed by atoms with Crippen LogP contribution in [0.3, 0.4) is 0 Å². The number of nitrogens with zero attached hydrogens (tertiary/aromatic N) is 3. The summed E-state index contributed by atoms with van der Waals surface area (Å²) < 4.78 is 16.7. The van der Waals surface area contributed by atoms with Crippen LogP contribution >= 0.6 is 27.5 Å². The van der Waals surface area contributed by atoms with E-state index >= 15 is 0 Å². The van der Waals surface area contributed by atoms with Gasteiger partial charge in [-0.25, -0.2) is 4.39 Å². The summed E-state index contributed by atoms with van der Waals surface area (Å²) in [4.78, 5) is 17.3. The molecule has 2 heterocycles. The molecule has 0 bridgehead atoms. The summed E-state index contributed by atoms with van der Waals surface area (Å²) in [6.45, 7) is 3.08. The zero-order valence-electron chi connectivity index (χ0n) is 14.0. The summed E-state index contributed by atoms with van der Waals surface area (Å²) in [7, 11) is 0. The number of oxime groups is 1. The second-order valence-corrected chi connectivity index (χ2v) is 7.16. The van der Waals surface area contributed by atoms with E-state index in [2.05, 4.69) is 31.5 Å². The second-order valence-electron chi connectivity index (χ2n) is 5.90. The van der Waals surface area contributed by atoms with Crippen LogP contribution in [0.4, 0.5) is 4.39 Å². The normalized spacial score (nSPS) is 16.3. The molecule has 9 heteroatoms. The molecule has 1 aromatic carbocycles. The Labute approximate surface area is 163 Å². The monoisotopic (exact) mass is 442 g/mol. The summed E-state index contributed by atoms with van der Waals surface area (Å²) in [5.74, 6) is -0.768. The van der Waals surface area contributed by atoms with Crippen LogP contribution in [0.2, 0.25) is 5.02 Å². The van der Waals surface area contributed by atoms with Gasteiger partial charge in [-0.2, -0.15) is 5.10 Å². The Bertz CT molecular complexity index is 816. The molecule has 1 atom stereocenters. The van der Waals surface area contributed by atoms with Crippen molar-refractivity contribution in [2.45, 2.75) is 32.4 Å². The first kappa shape index (κ1) is 18.8. The molecule has 0 fully saturated rings. The van der Waals surface area contributed by atoms with Crippen molar-refractivity contribution >= 4 is 39.1 Å². The number of carbonyl (C=O) groups excluding carboxylic acids is 1. The third kappa shape index (κ3) is 4.24. The molecule has 26 heavy (non-hydrogen) atoms. The molecule has 0 radical (unpaired) electrons. The van der Waals surface area contributed by atoms with Crippen LogP contribution in [0.15, 0.2) is 34.0 Å². The quantitative estimate of drug-likeness (QED) is 0.695. The van der Waals surface area contributed by atoms with Crippen LogP contribution in [0.25, 0.3) is 0 Å². The predicted molar refractivity (Wildman–Crippen MR) is 99.7 cm³/mol. The highest BCUT2D eigenvalue weighted by molar-refractivity contribution is 9.10. The molecule has 6 nitrogen and oxygen atoms in total. The van der Waals surface area contributed by atoms with Crippen molar-refractivity contribution in [2.24, 2.45) is 5.16 Å². The minimum atomic E-state index is -0.776. The first-order chi connectivity index (χ1) is 12.5. The van der Waals surface area contributed by atoms with E-state index < -0.39 is 11.9 Å². The molecule has 1 aliphatic rings. The number of amides is 1. The van der Waals surface area contributed by atoms with Crippen LogP contribution in [0.1, 0.15) is 24.1 Å². The lowest BCUT2D eigenvalue weighted by molar-refractivity contribution is -0.131. The molecular formula is C17H17BrClFN4O2. The van der Waals surface area contributed by atoms with Crippen LogP contribution in [-0.2, 0) is 16.2 Å². The summed E-state index contributed by atoms with van der Waals surface area (Å²) in [6.07, 6.45) is 2.02. The number of hydrogen-bond donors (Lipinski definition) is 1. The van der Waals surface area contributed by atoms with E-state index in [-0.39, 0.29) is 22.9 Å². The highest BCUT2D eigenvalue weighted by atomic mass is 79.9. The number of hydrogen-bond acceptors (Lipinski definition) is 4. The Kier molecular flexibility index (Phi) is 5.93. The maximum absolute atomic E-state index is 13.9. The molecule has 3 rings (SSSR count). The minimum Gasteiger partial charge on any atom is -0.382 e. The van der Waals surface area contributed by atoms with Crippen molar-refractivity contribution in [3.8, 4) is 0 Å². The number of rotatable bonds is 6. The Morgan fingerprint density at radius 3 is 3.04 bits per heavy atom. The van der Waals surface area contributed by atoms with Crippen LogP contribution < -0.4 is 5.32 Å². The van der Waals surface area contributed by atoms with Crippen molar-refractivity contribution in [1.82, 2.24) is 15.1 Å². The molecule has 0 aliphatic carbocycles. The number of aryl methyl sites for hydroxylation is 2. The zero-order valence-corrected chi connectivity index (χ0v) is 16.3. The van der Waals surface area contributed by atoms with Crippen LogP contribution in [0.5, 0.6) is 0 Å². The number of nitrogens with one attached hydrogen (secondary N) is 1. The summed E-state index contributed by atoms with van der Waals surface area (Å²) >= 11 is 9.43. The standard InChI is InChI=1S/C17H17BrClFN4O2/c1-10-11(18)9-24(22-10)7-3-6-21-17(25)15-8-14(23-26-15)16-12(19)4-2-5-13(16)20/h2,4-5,9,15H,3,6-8H2,1H3,(H,21,25). The minimum absolute atomic E-state index is 0.178. The molecule has 1 aromatic heterocycles. The fraction of sp³-hybridized carbons (Fsp3) is 0.353. The Balaban J connectivity index is 1.47. The molecule has 0 spiro atoms. The Hall–Kier alpha value is -1.93. The van der Waals surface area contributed by atoms with Gasteiger partial charge in [-0.3, -0.25) is 9.48 Å². The number of carbonyl (C=O) groups is 1. The van der Waals surface area contributed by atoms with E-state index in [9.17, 15) is 9.18 Å². The van der Waals surface area contributed by atoms with E-state index in [1.54, 1.807) is 6.07 Å². The van der Waals surface area contributed by atoms with Gasteiger partial charge in [0, 0.05) is 25.7 Å². The molecule has 138 valence electrons. The van der Waals surface area contributed by atoms with Gasteiger partial charge in [-0.15, -0.1) is 0 Å². The van der Waals surface area contributed by atoms with Crippen molar-refractivity contribution < 1.29 is 14.0 Å². The highest BCUT2D eigenvalue weighted by Crippen LogP contribution is 2.25. The number of aromatic nitrogens is 2. The SMILES string of the molecule is Cc1nn(CCCNC(=O)C2CC(c3c(F)cccc3Cl)=NO2)cc1Br. The van der Waals surface area contributed by atoms with Gasteiger partial charge < -0.3 is 10.2 Å². The highest BCUT2D eigenvalue weighted by Gasteiger charge is 2.30. The number of benzene rings is 1. The van der Waals surface area contributed by atoms with Crippen molar-refractivity contribution in [1.29, 1.82) is 0 Å². The topological polar surface area (TPSA) is 68.5 Å². The van der Waals surface area contributed by atoms with Crippen molar-refractivity contribution in [2.75, 3.05) is 6.54 Å². The maximum atomic E-state index is 13.9. The van der Waals surface area contributed by atoms with Gasteiger partial charge in [0.1, 0.15) is 5.82 Å². The Morgan fingerprint density at radius 2 is 2.35 bits per heavy atom. The van der Waals surface area contributed by atoms with E-state index in [0.29, 0.717) is 18.8 Å².